The van der Waals surface area contributed by atoms with Crippen LogP contribution in [0, 0.1) is 6.92 Å². The molecule has 0 saturated heterocycles. The van der Waals surface area contributed by atoms with Crippen LogP contribution in [0.1, 0.15) is 42.6 Å². The number of rotatable bonds is 7. The van der Waals surface area contributed by atoms with Gasteiger partial charge in [0.05, 0.1) is 20.3 Å². The second-order valence-electron chi connectivity index (χ2n) is 8.99. The SMILES string of the molecule is Cc1cscc1C(C)OC(=O)Nc1cc(Cl)sc1-c1cc(C2(C(=O)O)CC2)ccc1-c1ccccc1. The normalized spacial score (nSPS) is 14.8. The number of benzene rings is 2. The van der Waals surface area contributed by atoms with E-state index in [0.29, 0.717) is 22.9 Å². The van der Waals surface area contributed by atoms with Crippen LogP contribution in [0.5, 0.6) is 0 Å². The molecule has 2 N–H and O–H groups in total. The predicted octanol–water partition coefficient (Wildman–Crippen LogP) is 8.53. The molecule has 1 unspecified atom stereocenters. The molecule has 1 atom stereocenters. The lowest BCUT2D eigenvalue weighted by molar-refractivity contribution is -0.140. The second kappa shape index (κ2) is 9.73. The average molecular weight is 538 g/mol. The summed E-state index contributed by atoms with van der Waals surface area (Å²) in [4.78, 5) is 25.6. The van der Waals surface area contributed by atoms with Crippen molar-refractivity contribution in [3.05, 3.63) is 86.4 Å². The number of carboxylic acid groups (broad SMARTS) is 1. The molecular weight excluding hydrogens is 514 g/mol. The second-order valence-corrected chi connectivity index (χ2v) is 11.4. The Morgan fingerprint density at radius 1 is 1.08 bits per heavy atom. The molecule has 1 aliphatic carbocycles. The summed E-state index contributed by atoms with van der Waals surface area (Å²) in [7, 11) is 0. The van der Waals surface area contributed by atoms with Gasteiger partial charge in [0.1, 0.15) is 6.10 Å². The maximum atomic E-state index is 12.9. The molecule has 0 radical (unpaired) electrons. The lowest BCUT2D eigenvalue weighted by atomic mass is 9.89. The quantitative estimate of drug-likeness (QED) is 0.247. The number of aryl methyl sites for hydroxylation is 1. The van der Waals surface area contributed by atoms with Crippen LogP contribution in [0.25, 0.3) is 21.6 Å². The van der Waals surface area contributed by atoms with Crippen LogP contribution in [0.2, 0.25) is 4.34 Å². The first kappa shape index (κ1) is 24.6. The van der Waals surface area contributed by atoms with E-state index in [2.05, 4.69) is 5.32 Å². The third-order valence-electron chi connectivity index (χ3n) is 6.62. The minimum atomic E-state index is -0.856. The smallest absolute Gasteiger partial charge is 0.412 e. The molecule has 1 fully saturated rings. The molecule has 1 amide bonds. The molecule has 184 valence electrons. The lowest BCUT2D eigenvalue weighted by Gasteiger charge is -2.17. The first-order valence-electron chi connectivity index (χ1n) is 11.5. The molecule has 0 spiro atoms. The van der Waals surface area contributed by atoms with Crippen molar-refractivity contribution in [1.82, 2.24) is 0 Å². The molecule has 2 aromatic heterocycles. The zero-order valence-electron chi connectivity index (χ0n) is 19.7. The standard InChI is InChI=1S/C28H24ClNO4S2/c1-16-14-35-15-22(16)17(2)34-27(33)30-23-13-24(29)36-25(23)21-12-19(28(10-11-28)26(31)32)8-9-20(21)18-6-4-3-5-7-18/h3-9,12-15,17H,10-11H2,1-2H3,(H,30,33)(H,31,32). The molecule has 0 bridgehead atoms. The van der Waals surface area contributed by atoms with Crippen LogP contribution in [-0.4, -0.2) is 17.2 Å². The molecule has 1 aliphatic rings. The molecule has 2 heterocycles. The fourth-order valence-corrected chi connectivity index (χ4v) is 6.60. The van der Waals surface area contributed by atoms with Crippen molar-refractivity contribution < 1.29 is 19.4 Å². The van der Waals surface area contributed by atoms with Gasteiger partial charge in [0.2, 0.25) is 0 Å². The van der Waals surface area contributed by atoms with Gasteiger partial charge < -0.3 is 9.84 Å². The Labute approximate surface area is 222 Å². The number of amides is 1. The van der Waals surface area contributed by atoms with Gasteiger partial charge in [-0.1, -0.05) is 54.1 Å². The van der Waals surface area contributed by atoms with Crippen molar-refractivity contribution >= 4 is 52.0 Å². The summed E-state index contributed by atoms with van der Waals surface area (Å²) in [5.41, 5.74) is 5.21. The van der Waals surface area contributed by atoms with Crippen molar-refractivity contribution in [1.29, 1.82) is 0 Å². The van der Waals surface area contributed by atoms with Crippen LogP contribution in [0.15, 0.2) is 65.4 Å². The van der Waals surface area contributed by atoms with Crippen LogP contribution in [-0.2, 0) is 14.9 Å². The average Bonchev–Trinajstić information content (AvgIpc) is 3.45. The van der Waals surface area contributed by atoms with Crippen LogP contribution in [0.4, 0.5) is 10.5 Å². The predicted molar refractivity (Wildman–Crippen MR) is 146 cm³/mol. The minimum absolute atomic E-state index is 0.401. The Morgan fingerprint density at radius 2 is 1.83 bits per heavy atom. The van der Waals surface area contributed by atoms with Gasteiger partial charge in [-0.2, -0.15) is 11.3 Å². The van der Waals surface area contributed by atoms with E-state index in [9.17, 15) is 14.7 Å². The maximum Gasteiger partial charge on any atom is 0.412 e. The van der Waals surface area contributed by atoms with E-state index in [1.54, 1.807) is 17.4 Å². The number of thiophene rings is 2. The number of halogens is 1. The highest BCUT2D eigenvalue weighted by atomic mass is 35.5. The molecule has 1 saturated carbocycles. The summed E-state index contributed by atoms with van der Waals surface area (Å²) >= 11 is 9.34. The van der Waals surface area contributed by atoms with E-state index in [4.69, 9.17) is 16.3 Å². The highest BCUT2D eigenvalue weighted by molar-refractivity contribution is 7.20. The summed E-state index contributed by atoms with van der Waals surface area (Å²) in [6, 6.07) is 17.4. The monoisotopic (exact) mass is 537 g/mol. The van der Waals surface area contributed by atoms with E-state index in [1.807, 2.05) is 73.1 Å². The molecule has 2 aromatic carbocycles. The number of ether oxygens (including phenoxy) is 1. The van der Waals surface area contributed by atoms with Gasteiger partial charge in [0.25, 0.3) is 0 Å². The van der Waals surface area contributed by atoms with E-state index in [-0.39, 0.29) is 0 Å². The van der Waals surface area contributed by atoms with Gasteiger partial charge in [0, 0.05) is 11.1 Å². The van der Waals surface area contributed by atoms with Gasteiger partial charge >= 0.3 is 12.1 Å². The number of hydrogen-bond acceptors (Lipinski definition) is 5. The van der Waals surface area contributed by atoms with E-state index in [1.165, 1.54) is 11.3 Å². The Balaban J connectivity index is 1.52. The third kappa shape index (κ3) is 4.66. The first-order chi connectivity index (χ1) is 17.3. The summed E-state index contributed by atoms with van der Waals surface area (Å²) in [6.45, 7) is 3.83. The van der Waals surface area contributed by atoms with Crippen molar-refractivity contribution in [2.75, 3.05) is 5.32 Å². The van der Waals surface area contributed by atoms with E-state index < -0.39 is 23.6 Å². The van der Waals surface area contributed by atoms with E-state index in [0.717, 1.165) is 38.3 Å². The third-order valence-corrected chi connectivity index (χ3v) is 8.79. The zero-order valence-corrected chi connectivity index (χ0v) is 22.1. The first-order valence-corrected chi connectivity index (χ1v) is 13.7. The van der Waals surface area contributed by atoms with Gasteiger partial charge in [-0.05, 0) is 71.8 Å². The fourth-order valence-electron chi connectivity index (χ4n) is 4.45. The topological polar surface area (TPSA) is 75.6 Å². The van der Waals surface area contributed by atoms with Crippen LogP contribution >= 0.6 is 34.3 Å². The number of carboxylic acids is 1. The molecule has 8 heteroatoms. The summed E-state index contributed by atoms with van der Waals surface area (Å²) in [6.07, 6.45) is 0.233. The number of hydrogen-bond donors (Lipinski definition) is 2. The highest BCUT2D eigenvalue weighted by Gasteiger charge is 2.51. The highest BCUT2D eigenvalue weighted by Crippen LogP contribution is 2.51. The number of anilines is 1. The fraction of sp³-hybridized carbons (Fsp3) is 0.214. The maximum absolute atomic E-state index is 12.9. The van der Waals surface area contributed by atoms with Crippen molar-refractivity contribution in [2.24, 2.45) is 0 Å². The summed E-state index contributed by atoms with van der Waals surface area (Å²) in [5, 5.41) is 16.7. The Morgan fingerprint density at radius 3 is 2.47 bits per heavy atom. The van der Waals surface area contributed by atoms with Gasteiger partial charge in [0.15, 0.2) is 0 Å². The number of aliphatic carboxylic acids is 1. The Kier molecular flexibility index (Phi) is 6.64. The zero-order chi connectivity index (χ0) is 25.4. The molecule has 5 nitrogen and oxygen atoms in total. The Bertz CT molecular complexity index is 1440. The van der Waals surface area contributed by atoms with Crippen molar-refractivity contribution in [3.63, 3.8) is 0 Å². The minimum Gasteiger partial charge on any atom is -0.481 e. The molecule has 4 aromatic rings. The van der Waals surface area contributed by atoms with Crippen molar-refractivity contribution in [2.45, 2.75) is 38.2 Å². The van der Waals surface area contributed by atoms with Gasteiger partial charge in [-0.3, -0.25) is 10.1 Å². The molecule has 0 aliphatic heterocycles. The number of carbonyl (C=O) groups excluding carboxylic acids is 1. The Hall–Kier alpha value is -3.13. The van der Waals surface area contributed by atoms with E-state index >= 15 is 0 Å². The van der Waals surface area contributed by atoms with Gasteiger partial charge in [-0.15, -0.1) is 11.3 Å². The summed E-state index contributed by atoms with van der Waals surface area (Å²) < 4.78 is 6.16. The number of nitrogens with one attached hydrogen (secondary N) is 1. The lowest BCUT2D eigenvalue weighted by Crippen LogP contribution is -2.19. The summed E-state index contributed by atoms with van der Waals surface area (Å²) in [5.74, 6) is -0.815. The van der Waals surface area contributed by atoms with Crippen LogP contribution in [0.3, 0.4) is 0 Å². The number of carbonyl (C=O) groups is 2. The largest absolute Gasteiger partial charge is 0.481 e. The van der Waals surface area contributed by atoms with Gasteiger partial charge in [-0.25, -0.2) is 4.79 Å². The molecular formula is C28H24ClNO4S2. The van der Waals surface area contributed by atoms with Crippen molar-refractivity contribution in [3.8, 4) is 21.6 Å². The van der Waals surface area contributed by atoms with Crippen LogP contribution < -0.4 is 5.32 Å². The molecule has 5 rings (SSSR count). The molecule has 36 heavy (non-hydrogen) atoms.